The molecule has 1 aromatic heterocycles. The molecule has 0 saturated carbocycles. The molecule has 0 bridgehead atoms. The Morgan fingerprint density at radius 1 is 1.90 bits per heavy atom. The highest BCUT2D eigenvalue weighted by Gasteiger charge is 2.22. The smallest absolute Gasteiger partial charge is 0.307 e. The van der Waals surface area contributed by atoms with Crippen molar-refractivity contribution in [1.82, 2.24) is 4.57 Å². The molecule has 1 atom stereocenters. The zero-order valence-electron chi connectivity index (χ0n) is 5.32. The van der Waals surface area contributed by atoms with Crippen molar-refractivity contribution in [3.63, 3.8) is 0 Å². The Hall–Kier alpha value is -0.610. The van der Waals surface area contributed by atoms with Gasteiger partial charge >= 0.3 is 4.87 Å². The van der Waals surface area contributed by atoms with Gasteiger partial charge in [-0.2, -0.15) is 0 Å². The van der Waals surface area contributed by atoms with Crippen LogP contribution in [-0.2, 0) is 11.3 Å². The second-order valence-corrected chi connectivity index (χ2v) is 3.13. The van der Waals surface area contributed by atoms with Crippen LogP contribution in [0.5, 0.6) is 0 Å². The van der Waals surface area contributed by atoms with Crippen LogP contribution in [0.4, 0.5) is 0 Å². The molecule has 1 aromatic rings. The van der Waals surface area contributed by atoms with E-state index in [2.05, 4.69) is 0 Å². The highest BCUT2D eigenvalue weighted by Crippen LogP contribution is 2.10. The Bertz CT molecular complexity index is 273. The van der Waals surface area contributed by atoms with E-state index in [0.717, 1.165) is 13.2 Å². The highest BCUT2D eigenvalue weighted by molar-refractivity contribution is 7.07. The zero-order chi connectivity index (χ0) is 6.97. The summed E-state index contributed by atoms with van der Waals surface area (Å²) >= 11 is 1.23. The lowest BCUT2D eigenvalue weighted by Gasteiger charge is -1.92. The molecule has 1 unspecified atom stereocenters. The predicted octanol–water partition coefficient (Wildman–Crippen LogP) is 0.309. The minimum absolute atomic E-state index is 0.107. The molecule has 1 aliphatic heterocycles. The van der Waals surface area contributed by atoms with E-state index in [1.54, 1.807) is 16.1 Å². The number of epoxide rings is 1. The van der Waals surface area contributed by atoms with Crippen LogP contribution < -0.4 is 4.87 Å². The Balaban J connectivity index is 2.16. The lowest BCUT2D eigenvalue weighted by molar-refractivity contribution is 0.381. The average molecular weight is 157 g/mol. The number of hydrogen-bond donors (Lipinski definition) is 0. The molecule has 2 heterocycles. The van der Waals surface area contributed by atoms with Crippen molar-refractivity contribution in [2.45, 2.75) is 12.6 Å². The summed E-state index contributed by atoms with van der Waals surface area (Å²) in [6.07, 6.45) is 2.10. The minimum atomic E-state index is 0.107. The van der Waals surface area contributed by atoms with Gasteiger partial charge in [0.2, 0.25) is 0 Å². The van der Waals surface area contributed by atoms with Gasteiger partial charge in [0.1, 0.15) is 0 Å². The first-order valence-corrected chi connectivity index (χ1v) is 4.00. The van der Waals surface area contributed by atoms with Crippen molar-refractivity contribution in [3.05, 3.63) is 21.2 Å². The van der Waals surface area contributed by atoms with Crippen molar-refractivity contribution in [2.24, 2.45) is 0 Å². The predicted molar refractivity (Wildman–Crippen MR) is 38.3 cm³/mol. The van der Waals surface area contributed by atoms with E-state index >= 15 is 0 Å². The van der Waals surface area contributed by atoms with Gasteiger partial charge in [0.25, 0.3) is 0 Å². The van der Waals surface area contributed by atoms with Crippen LogP contribution in [0.3, 0.4) is 0 Å². The summed E-state index contributed by atoms with van der Waals surface area (Å²) in [6.45, 7) is 1.53. The third kappa shape index (κ3) is 1.12. The summed E-state index contributed by atoms with van der Waals surface area (Å²) in [4.78, 5) is 11.0. The van der Waals surface area contributed by atoms with Crippen LogP contribution in [-0.4, -0.2) is 17.3 Å². The van der Waals surface area contributed by atoms with Gasteiger partial charge in [-0.15, -0.1) is 0 Å². The monoisotopic (exact) mass is 157 g/mol. The van der Waals surface area contributed by atoms with Gasteiger partial charge in [-0.1, -0.05) is 11.3 Å². The van der Waals surface area contributed by atoms with Crippen LogP contribution in [0.25, 0.3) is 0 Å². The van der Waals surface area contributed by atoms with Crippen molar-refractivity contribution in [2.75, 3.05) is 6.61 Å². The summed E-state index contributed by atoms with van der Waals surface area (Å²) in [5.41, 5.74) is 0. The van der Waals surface area contributed by atoms with E-state index in [-0.39, 0.29) is 4.87 Å². The van der Waals surface area contributed by atoms with Crippen molar-refractivity contribution in [3.8, 4) is 0 Å². The van der Waals surface area contributed by atoms with Gasteiger partial charge in [-0.05, 0) is 0 Å². The Kier molecular flexibility index (Phi) is 1.35. The summed E-state index contributed by atoms with van der Waals surface area (Å²) in [5.74, 6) is 0. The van der Waals surface area contributed by atoms with E-state index in [4.69, 9.17) is 4.74 Å². The first kappa shape index (κ1) is 6.12. The number of nitrogens with zero attached hydrogens (tertiary/aromatic N) is 1. The molecule has 4 heteroatoms. The lowest BCUT2D eigenvalue weighted by atomic mass is 10.5. The number of ether oxygens (including phenoxy) is 1. The first-order chi connectivity index (χ1) is 4.86. The maximum absolute atomic E-state index is 10.9. The van der Waals surface area contributed by atoms with Gasteiger partial charge in [0.15, 0.2) is 0 Å². The van der Waals surface area contributed by atoms with Crippen molar-refractivity contribution >= 4 is 11.3 Å². The highest BCUT2D eigenvalue weighted by atomic mass is 32.1. The molecule has 0 aliphatic carbocycles. The largest absolute Gasteiger partial charge is 0.371 e. The molecule has 1 saturated heterocycles. The fourth-order valence-electron chi connectivity index (χ4n) is 0.819. The molecule has 1 aliphatic rings. The fraction of sp³-hybridized carbons (Fsp3) is 0.500. The molecule has 3 nitrogen and oxygen atoms in total. The number of aromatic nitrogens is 1. The molecule has 0 radical (unpaired) electrons. The van der Waals surface area contributed by atoms with Crippen molar-refractivity contribution in [1.29, 1.82) is 0 Å². The van der Waals surface area contributed by atoms with Crippen LogP contribution in [0.15, 0.2) is 16.4 Å². The molecule has 54 valence electrons. The van der Waals surface area contributed by atoms with Crippen molar-refractivity contribution < 1.29 is 4.74 Å². The van der Waals surface area contributed by atoms with Crippen LogP contribution >= 0.6 is 11.3 Å². The molecule has 10 heavy (non-hydrogen) atoms. The summed E-state index contributed by atoms with van der Waals surface area (Å²) in [7, 11) is 0. The second kappa shape index (κ2) is 2.21. The normalized spacial score (nSPS) is 23.0. The van der Waals surface area contributed by atoms with Gasteiger partial charge in [-0.3, -0.25) is 4.79 Å². The molecular weight excluding hydrogens is 150 g/mol. The summed E-state index contributed by atoms with van der Waals surface area (Å²) in [6, 6.07) is 0. The van der Waals surface area contributed by atoms with E-state index in [0.29, 0.717) is 6.10 Å². The summed E-state index contributed by atoms with van der Waals surface area (Å²) < 4.78 is 6.66. The van der Waals surface area contributed by atoms with Gasteiger partial charge in [-0.25, -0.2) is 0 Å². The lowest BCUT2D eigenvalue weighted by Crippen LogP contribution is -2.14. The van der Waals surface area contributed by atoms with Crippen LogP contribution in [0, 0.1) is 0 Å². The molecule has 2 rings (SSSR count). The van der Waals surface area contributed by atoms with E-state index < -0.39 is 0 Å². The van der Waals surface area contributed by atoms with Gasteiger partial charge < -0.3 is 9.30 Å². The fourth-order valence-corrected chi connectivity index (χ4v) is 1.41. The SMILES string of the molecule is O=c1sccn1CC1CO1. The molecular formula is C6H7NO2S. The van der Waals surface area contributed by atoms with E-state index in [1.165, 1.54) is 11.3 Å². The van der Waals surface area contributed by atoms with E-state index in [1.807, 2.05) is 0 Å². The third-order valence-corrected chi connectivity index (χ3v) is 2.14. The Labute approximate surface area is 61.9 Å². The Morgan fingerprint density at radius 3 is 3.20 bits per heavy atom. The number of hydrogen-bond acceptors (Lipinski definition) is 3. The second-order valence-electron chi connectivity index (χ2n) is 2.28. The first-order valence-electron chi connectivity index (χ1n) is 3.12. The van der Waals surface area contributed by atoms with E-state index in [9.17, 15) is 4.79 Å². The molecule has 0 spiro atoms. The minimum Gasteiger partial charge on any atom is -0.371 e. The van der Waals surface area contributed by atoms with Crippen LogP contribution in [0.1, 0.15) is 0 Å². The third-order valence-electron chi connectivity index (χ3n) is 1.45. The maximum Gasteiger partial charge on any atom is 0.307 e. The average Bonchev–Trinajstić information content (AvgIpc) is 2.62. The number of rotatable bonds is 2. The molecule has 0 amide bonds. The zero-order valence-corrected chi connectivity index (χ0v) is 6.13. The summed E-state index contributed by atoms with van der Waals surface area (Å²) in [5, 5.41) is 1.80. The maximum atomic E-state index is 10.9. The van der Waals surface area contributed by atoms with Gasteiger partial charge in [0, 0.05) is 11.6 Å². The van der Waals surface area contributed by atoms with Gasteiger partial charge in [0.05, 0.1) is 19.3 Å². The molecule has 1 fully saturated rings. The Morgan fingerprint density at radius 2 is 2.70 bits per heavy atom. The quantitative estimate of drug-likeness (QED) is 0.579. The van der Waals surface area contributed by atoms with Crippen LogP contribution in [0.2, 0.25) is 0 Å². The topological polar surface area (TPSA) is 34.5 Å². The number of thiazole rings is 1. The standard InChI is InChI=1S/C6H7NO2S/c8-6-7(1-2-10-6)3-5-4-9-5/h1-2,5H,3-4H2. The molecule has 0 aromatic carbocycles. The molecule has 0 N–H and O–H groups in total.